The summed E-state index contributed by atoms with van der Waals surface area (Å²) in [6.07, 6.45) is 3.49. The molecule has 0 spiro atoms. The van der Waals surface area contributed by atoms with Crippen LogP contribution in [-0.4, -0.2) is 58.0 Å². The average Bonchev–Trinajstić information content (AvgIpc) is 3.15. The summed E-state index contributed by atoms with van der Waals surface area (Å²) in [5.74, 6) is -0.700. The fraction of sp³-hybridized carbons (Fsp3) is 0.526. The number of benzene rings is 1. The minimum atomic E-state index is -0.483. The highest BCUT2D eigenvalue weighted by Gasteiger charge is 2.32. The number of methoxy groups -OCH3 is 1. The smallest absolute Gasteiger partial charge is 0.251 e. The van der Waals surface area contributed by atoms with Gasteiger partial charge in [0.15, 0.2) is 0 Å². The molecule has 9 heteroatoms. The number of carbonyl (C=O) groups is 1. The molecule has 2 heterocycles. The minimum Gasteiger partial charge on any atom is -0.394 e. The van der Waals surface area contributed by atoms with Gasteiger partial charge in [-0.05, 0) is 43.5 Å². The molecule has 0 bridgehead atoms. The van der Waals surface area contributed by atoms with Gasteiger partial charge in [0.2, 0.25) is 0 Å². The first-order valence-corrected chi connectivity index (χ1v) is 9.29. The molecule has 1 amide bonds. The summed E-state index contributed by atoms with van der Waals surface area (Å²) in [6.45, 7) is 0.875. The molecule has 8 nitrogen and oxygen atoms in total. The van der Waals surface area contributed by atoms with Crippen molar-refractivity contribution in [1.82, 2.24) is 20.3 Å². The Hall–Kier alpha value is -2.36. The summed E-state index contributed by atoms with van der Waals surface area (Å²) in [5.41, 5.74) is 1.14. The van der Waals surface area contributed by atoms with Crippen molar-refractivity contribution in [2.45, 2.75) is 50.7 Å². The number of hydrogen-bond acceptors (Lipinski definition) is 6. The van der Waals surface area contributed by atoms with Gasteiger partial charge in [0.25, 0.3) is 5.91 Å². The van der Waals surface area contributed by atoms with Crippen molar-refractivity contribution in [2.24, 2.45) is 0 Å². The van der Waals surface area contributed by atoms with Crippen LogP contribution in [0.4, 0.5) is 4.39 Å². The van der Waals surface area contributed by atoms with Gasteiger partial charge in [-0.2, -0.15) is 0 Å². The number of ether oxygens (including phenoxy) is 2. The van der Waals surface area contributed by atoms with Crippen molar-refractivity contribution in [3.63, 3.8) is 0 Å². The lowest BCUT2D eigenvalue weighted by atomic mass is 9.96. The van der Waals surface area contributed by atoms with Gasteiger partial charge >= 0.3 is 0 Å². The Bertz CT molecular complexity index is 768. The Morgan fingerprint density at radius 1 is 1.39 bits per heavy atom. The van der Waals surface area contributed by atoms with Crippen molar-refractivity contribution in [1.29, 1.82) is 0 Å². The van der Waals surface area contributed by atoms with Crippen LogP contribution in [0.1, 0.15) is 35.3 Å². The largest absolute Gasteiger partial charge is 0.394 e. The van der Waals surface area contributed by atoms with E-state index in [2.05, 4.69) is 15.6 Å². The van der Waals surface area contributed by atoms with Crippen LogP contribution in [0.15, 0.2) is 30.5 Å². The number of carbonyl (C=O) groups excluding carboxylic acids is 1. The van der Waals surface area contributed by atoms with Crippen molar-refractivity contribution in [3.05, 3.63) is 47.5 Å². The number of halogens is 1. The molecule has 152 valence electrons. The molecule has 2 aromatic rings. The zero-order valence-electron chi connectivity index (χ0n) is 15.8. The molecule has 28 heavy (non-hydrogen) atoms. The number of hydrogen-bond donors (Lipinski definition) is 2. The number of amides is 1. The molecule has 0 unspecified atom stereocenters. The third-order valence-corrected chi connectivity index (χ3v) is 4.78. The number of rotatable bonds is 8. The first kappa shape index (κ1) is 20.4. The number of nitrogens with one attached hydrogen (secondary N) is 1. The van der Waals surface area contributed by atoms with Crippen LogP contribution in [0.2, 0.25) is 0 Å². The van der Waals surface area contributed by atoms with Crippen LogP contribution in [0.25, 0.3) is 0 Å². The van der Waals surface area contributed by atoms with Crippen molar-refractivity contribution in [3.8, 4) is 0 Å². The number of aliphatic hydroxyl groups excluding tert-OH is 1. The molecule has 1 aromatic heterocycles. The van der Waals surface area contributed by atoms with Crippen LogP contribution in [0.5, 0.6) is 0 Å². The van der Waals surface area contributed by atoms with Gasteiger partial charge in [0.05, 0.1) is 31.6 Å². The lowest BCUT2D eigenvalue weighted by molar-refractivity contribution is -0.0912. The molecule has 1 fully saturated rings. The fourth-order valence-corrected chi connectivity index (χ4v) is 3.30. The molecule has 3 atom stereocenters. The van der Waals surface area contributed by atoms with E-state index in [4.69, 9.17) is 9.47 Å². The monoisotopic (exact) mass is 392 g/mol. The molecular weight excluding hydrogens is 367 g/mol. The molecule has 1 saturated heterocycles. The predicted molar refractivity (Wildman–Crippen MR) is 98.0 cm³/mol. The average molecular weight is 392 g/mol. The third kappa shape index (κ3) is 5.34. The lowest BCUT2D eigenvalue weighted by Crippen LogP contribution is -2.51. The van der Waals surface area contributed by atoms with E-state index in [0.717, 1.165) is 18.5 Å². The van der Waals surface area contributed by atoms with Crippen molar-refractivity contribution in [2.75, 3.05) is 13.7 Å². The maximum atomic E-state index is 13.0. The van der Waals surface area contributed by atoms with Gasteiger partial charge in [0, 0.05) is 19.2 Å². The second-order valence-corrected chi connectivity index (χ2v) is 6.84. The van der Waals surface area contributed by atoms with Gasteiger partial charge in [0.1, 0.15) is 17.6 Å². The van der Waals surface area contributed by atoms with Gasteiger partial charge < -0.3 is 19.9 Å². The van der Waals surface area contributed by atoms with E-state index in [1.807, 2.05) is 6.20 Å². The van der Waals surface area contributed by atoms with Crippen molar-refractivity contribution < 1.29 is 23.8 Å². The van der Waals surface area contributed by atoms with Crippen molar-refractivity contribution >= 4 is 5.91 Å². The van der Waals surface area contributed by atoms with E-state index in [1.54, 1.807) is 11.8 Å². The maximum absolute atomic E-state index is 13.0. The normalized spacial score (nSPS) is 22.2. The molecule has 1 aliphatic rings. The predicted octanol–water partition coefficient (Wildman–Crippen LogP) is 1.29. The Morgan fingerprint density at radius 3 is 2.89 bits per heavy atom. The molecule has 0 aliphatic carbocycles. The molecular formula is C19H25FN4O4. The number of nitrogens with zero attached hydrogens (tertiary/aromatic N) is 3. The summed E-state index contributed by atoms with van der Waals surface area (Å²) in [7, 11) is 1.61. The van der Waals surface area contributed by atoms with Gasteiger partial charge in [-0.1, -0.05) is 5.21 Å². The third-order valence-electron chi connectivity index (χ3n) is 4.78. The maximum Gasteiger partial charge on any atom is 0.251 e. The molecule has 0 radical (unpaired) electrons. The highest BCUT2D eigenvalue weighted by molar-refractivity contribution is 5.94. The summed E-state index contributed by atoms with van der Waals surface area (Å²) in [4.78, 5) is 12.3. The Labute approximate surface area is 162 Å². The Morgan fingerprint density at radius 2 is 2.18 bits per heavy atom. The van der Waals surface area contributed by atoms with Gasteiger partial charge in [-0.25, -0.2) is 4.39 Å². The second kappa shape index (κ2) is 9.72. The summed E-state index contributed by atoms with van der Waals surface area (Å²) < 4.78 is 25.7. The van der Waals surface area contributed by atoms with Gasteiger partial charge in [-0.15, -0.1) is 5.10 Å². The van der Waals surface area contributed by atoms with Crippen LogP contribution in [-0.2, 0) is 22.6 Å². The molecule has 1 aliphatic heterocycles. The minimum absolute atomic E-state index is 0.0359. The topological polar surface area (TPSA) is 98.5 Å². The van der Waals surface area contributed by atoms with Crippen LogP contribution < -0.4 is 5.32 Å². The zero-order chi connectivity index (χ0) is 19.9. The van der Waals surface area contributed by atoms with E-state index >= 15 is 0 Å². The summed E-state index contributed by atoms with van der Waals surface area (Å²) in [5, 5.41) is 20.6. The first-order valence-electron chi connectivity index (χ1n) is 9.29. The van der Waals surface area contributed by atoms with E-state index < -0.39 is 11.9 Å². The molecule has 2 N–H and O–H groups in total. The van der Waals surface area contributed by atoms with Gasteiger partial charge in [-0.3, -0.25) is 9.48 Å². The first-order chi connectivity index (χ1) is 13.6. The Balaban J connectivity index is 1.49. The number of aliphatic hydroxyl groups is 1. The molecule has 0 saturated carbocycles. The second-order valence-electron chi connectivity index (χ2n) is 6.84. The summed E-state index contributed by atoms with van der Waals surface area (Å²) >= 11 is 0. The van der Waals surface area contributed by atoms with Crippen LogP contribution in [0, 0.1) is 5.82 Å². The number of aromatic nitrogens is 3. The lowest BCUT2D eigenvalue weighted by Gasteiger charge is -2.36. The summed E-state index contributed by atoms with van der Waals surface area (Å²) in [6, 6.07) is 5.06. The highest BCUT2D eigenvalue weighted by atomic mass is 19.1. The fourth-order valence-electron chi connectivity index (χ4n) is 3.30. The molecule has 3 rings (SSSR count). The van der Waals surface area contributed by atoms with E-state index in [9.17, 15) is 14.3 Å². The van der Waals surface area contributed by atoms with E-state index in [0.29, 0.717) is 25.1 Å². The van der Waals surface area contributed by atoms with E-state index in [-0.39, 0.29) is 24.7 Å². The Kier molecular flexibility index (Phi) is 7.07. The number of aryl methyl sites for hydroxylation is 1. The van der Waals surface area contributed by atoms with E-state index in [1.165, 1.54) is 24.3 Å². The standard InChI is InChI=1S/C19H25FN4O4/c1-27-12-15-10-24(23-22-15)9-8-16-6-7-17(18(11-25)28-16)21-19(26)13-2-4-14(20)5-3-13/h2-5,10,16-18,25H,6-9,11-12H2,1H3,(H,21,26)/t16-,17+,18-/m1/s1. The molecule has 1 aromatic carbocycles. The quantitative estimate of drug-likeness (QED) is 0.703. The van der Waals surface area contributed by atoms with Crippen LogP contribution in [0.3, 0.4) is 0 Å². The van der Waals surface area contributed by atoms with Crippen LogP contribution >= 0.6 is 0 Å². The SMILES string of the molecule is COCc1cn(CC[C@H]2CC[C@H](NC(=O)c3ccc(F)cc3)[C@@H](CO)O2)nn1. The zero-order valence-corrected chi connectivity index (χ0v) is 15.8. The highest BCUT2D eigenvalue weighted by Crippen LogP contribution is 2.22.